The van der Waals surface area contributed by atoms with E-state index in [4.69, 9.17) is 9.97 Å². The molecule has 0 saturated carbocycles. The van der Waals surface area contributed by atoms with Gasteiger partial charge in [0.25, 0.3) is 0 Å². The Morgan fingerprint density at radius 3 is 1.18 bits per heavy atom. The van der Waals surface area contributed by atoms with E-state index < -0.39 is 0 Å². The summed E-state index contributed by atoms with van der Waals surface area (Å²) < 4.78 is 2.27. The Morgan fingerprint density at radius 2 is 0.656 bits per heavy atom. The van der Waals surface area contributed by atoms with Crippen molar-refractivity contribution in [2.75, 3.05) is 0 Å². The maximum Gasteiger partial charge on any atom is 0.162 e. The molecule has 0 fully saturated rings. The number of nitrogens with zero attached hydrogens (tertiary/aromatic N) is 3. The van der Waals surface area contributed by atoms with Crippen LogP contribution in [-0.2, 0) is 0 Å². The first-order chi connectivity index (χ1) is 30.2. The van der Waals surface area contributed by atoms with Gasteiger partial charge in [0.05, 0.1) is 16.6 Å². The minimum absolute atomic E-state index is 0.677. The fourth-order valence-electron chi connectivity index (χ4n) is 8.61. The van der Waals surface area contributed by atoms with E-state index in [1.807, 2.05) is 0 Å². The third-order valence-corrected chi connectivity index (χ3v) is 11.6. The highest BCUT2D eigenvalue weighted by Crippen LogP contribution is 2.40. The molecule has 0 unspecified atom stereocenters. The first-order valence-electron chi connectivity index (χ1n) is 20.7. The van der Waals surface area contributed by atoms with Gasteiger partial charge < -0.3 is 0 Å². The van der Waals surface area contributed by atoms with Crippen molar-refractivity contribution in [3.63, 3.8) is 0 Å². The molecule has 11 aromatic rings. The zero-order valence-electron chi connectivity index (χ0n) is 33.4. The van der Waals surface area contributed by atoms with Crippen LogP contribution in [0, 0.1) is 0 Å². The van der Waals surface area contributed by atoms with Crippen molar-refractivity contribution < 1.29 is 0 Å². The topological polar surface area (TPSA) is 30.7 Å². The van der Waals surface area contributed by atoms with E-state index in [-0.39, 0.29) is 0 Å². The molecule has 2 heterocycles. The maximum absolute atomic E-state index is 5.44. The van der Waals surface area contributed by atoms with E-state index in [0.717, 1.165) is 72.3 Å². The molecule has 0 radical (unpaired) electrons. The zero-order chi connectivity index (χ0) is 40.5. The van der Waals surface area contributed by atoms with Gasteiger partial charge in [0.15, 0.2) is 5.82 Å². The lowest BCUT2D eigenvalue weighted by molar-refractivity contribution is 1.11. The van der Waals surface area contributed by atoms with Crippen molar-refractivity contribution in [1.29, 1.82) is 0 Å². The predicted molar refractivity (Wildman–Crippen MR) is 254 cm³/mol. The van der Waals surface area contributed by atoms with Crippen LogP contribution in [0.1, 0.15) is 0 Å². The normalized spacial score (nSPS) is 11.3. The lowest BCUT2D eigenvalue weighted by atomic mass is 9.89. The lowest BCUT2D eigenvalue weighted by Crippen LogP contribution is -1.99. The Balaban J connectivity index is 1.11. The van der Waals surface area contributed by atoms with E-state index in [1.165, 1.54) is 27.8 Å². The molecule has 0 aliphatic rings. The van der Waals surface area contributed by atoms with Gasteiger partial charge in [-0.05, 0) is 116 Å². The van der Waals surface area contributed by atoms with Crippen LogP contribution in [0.15, 0.2) is 237 Å². The molecule has 286 valence electrons. The second-order valence-corrected chi connectivity index (χ2v) is 15.4. The number of rotatable bonds is 8. The number of hydrogen-bond donors (Lipinski definition) is 0. The molecule has 0 bridgehead atoms. The van der Waals surface area contributed by atoms with Crippen molar-refractivity contribution in [3.8, 4) is 84.0 Å². The first-order valence-corrected chi connectivity index (χ1v) is 20.7. The maximum atomic E-state index is 5.44. The van der Waals surface area contributed by atoms with Crippen LogP contribution in [0.5, 0.6) is 0 Å². The van der Waals surface area contributed by atoms with Crippen molar-refractivity contribution in [2.45, 2.75) is 0 Å². The van der Waals surface area contributed by atoms with Crippen molar-refractivity contribution >= 4 is 21.9 Å². The molecule has 61 heavy (non-hydrogen) atoms. The molecule has 0 aliphatic heterocycles. The Morgan fingerprint density at radius 1 is 0.279 bits per heavy atom. The molecule has 2 aromatic heterocycles. The molecule has 0 aliphatic carbocycles. The fraction of sp³-hybridized carbons (Fsp3) is 0. The van der Waals surface area contributed by atoms with Crippen LogP contribution >= 0.6 is 0 Å². The molecule has 0 atom stereocenters. The van der Waals surface area contributed by atoms with Gasteiger partial charge in [-0.1, -0.05) is 176 Å². The summed E-state index contributed by atoms with van der Waals surface area (Å²) >= 11 is 0. The average molecular weight is 778 g/mol. The van der Waals surface area contributed by atoms with E-state index in [0.29, 0.717) is 5.82 Å². The van der Waals surface area contributed by atoms with Crippen LogP contribution in [-0.4, -0.2) is 14.5 Å². The molecular formula is C58H39N3. The summed E-state index contributed by atoms with van der Waals surface area (Å²) in [5, 5.41) is 2.16. The Hall–Kier alpha value is -8.14. The SMILES string of the molecule is c1ccc(-c2cc(-c3ccccc3)cc(-c3cc(-c4ccccc4)cc(-c4cccc(-c5nc(-c6ccccc6)c6c7ccccc7n(-c7ccccc7)c6n5)c4)c3)c2)cc1. The van der Waals surface area contributed by atoms with Crippen LogP contribution in [0.2, 0.25) is 0 Å². The van der Waals surface area contributed by atoms with Gasteiger partial charge in [0.2, 0.25) is 0 Å². The van der Waals surface area contributed by atoms with E-state index in [1.54, 1.807) is 0 Å². The van der Waals surface area contributed by atoms with Gasteiger partial charge in [0, 0.05) is 22.2 Å². The van der Waals surface area contributed by atoms with Crippen molar-refractivity contribution in [1.82, 2.24) is 14.5 Å². The third-order valence-electron chi connectivity index (χ3n) is 11.6. The van der Waals surface area contributed by atoms with Gasteiger partial charge in [-0.3, -0.25) is 4.57 Å². The molecule has 0 spiro atoms. The fourth-order valence-corrected chi connectivity index (χ4v) is 8.61. The predicted octanol–water partition coefficient (Wildman–Crippen LogP) is 15.2. The Kier molecular flexibility index (Phi) is 9.18. The summed E-state index contributed by atoms with van der Waals surface area (Å²) in [5.41, 5.74) is 17.5. The summed E-state index contributed by atoms with van der Waals surface area (Å²) in [6.07, 6.45) is 0. The molecule has 11 rings (SSSR count). The largest absolute Gasteiger partial charge is 0.294 e. The Labute approximate surface area is 355 Å². The molecule has 0 amide bonds. The standard InChI is InChI=1S/C58H39N3/c1-6-19-40(20-7-1)46-34-47(41-21-8-2-9-22-41)37-50(36-46)51-38-48(42-23-10-3-11-24-42)35-49(39-51)44-27-18-28-45(33-44)57-59-56(43-25-12-4-13-26-43)55-53-31-16-17-32-54(53)61(58(55)60-57)52-29-14-5-15-30-52/h1-39H. The molecule has 9 aromatic carbocycles. The minimum Gasteiger partial charge on any atom is -0.294 e. The average Bonchev–Trinajstić information content (AvgIpc) is 3.69. The van der Waals surface area contributed by atoms with Gasteiger partial charge in [-0.2, -0.15) is 0 Å². The van der Waals surface area contributed by atoms with Gasteiger partial charge >= 0.3 is 0 Å². The minimum atomic E-state index is 0.677. The monoisotopic (exact) mass is 777 g/mol. The number of aromatic nitrogens is 3. The second-order valence-electron chi connectivity index (χ2n) is 15.4. The van der Waals surface area contributed by atoms with Gasteiger partial charge in [0.1, 0.15) is 5.65 Å². The highest BCUT2D eigenvalue weighted by molar-refractivity contribution is 6.14. The zero-order valence-corrected chi connectivity index (χ0v) is 33.4. The summed E-state index contributed by atoms with van der Waals surface area (Å²) in [6, 6.07) is 84.2. The highest BCUT2D eigenvalue weighted by Gasteiger charge is 2.21. The lowest BCUT2D eigenvalue weighted by Gasteiger charge is -2.15. The van der Waals surface area contributed by atoms with Crippen LogP contribution < -0.4 is 0 Å². The Bertz CT molecular complexity index is 3260. The summed E-state index contributed by atoms with van der Waals surface area (Å²) in [6.45, 7) is 0. The van der Waals surface area contributed by atoms with E-state index >= 15 is 0 Å². The number of para-hydroxylation sites is 2. The smallest absolute Gasteiger partial charge is 0.162 e. The number of hydrogen-bond acceptors (Lipinski definition) is 2. The first kappa shape index (κ1) is 36.0. The van der Waals surface area contributed by atoms with E-state index in [2.05, 4.69) is 241 Å². The third kappa shape index (κ3) is 6.88. The van der Waals surface area contributed by atoms with Crippen molar-refractivity contribution in [2.24, 2.45) is 0 Å². The highest BCUT2D eigenvalue weighted by atomic mass is 15.1. The summed E-state index contributed by atoms with van der Waals surface area (Å²) in [5.74, 6) is 0.677. The van der Waals surface area contributed by atoms with Gasteiger partial charge in [-0.15, -0.1) is 0 Å². The number of benzene rings is 9. The molecule has 0 saturated heterocycles. The second kappa shape index (κ2) is 15.6. The van der Waals surface area contributed by atoms with Crippen LogP contribution in [0.25, 0.3) is 106 Å². The molecule has 0 N–H and O–H groups in total. The summed E-state index contributed by atoms with van der Waals surface area (Å²) in [7, 11) is 0. The number of fused-ring (bicyclic) bond motifs is 3. The van der Waals surface area contributed by atoms with Crippen LogP contribution in [0.4, 0.5) is 0 Å². The molecule has 3 nitrogen and oxygen atoms in total. The van der Waals surface area contributed by atoms with E-state index in [9.17, 15) is 0 Å². The van der Waals surface area contributed by atoms with Crippen molar-refractivity contribution in [3.05, 3.63) is 237 Å². The quantitative estimate of drug-likeness (QED) is 0.154. The molecule has 3 heteroatoms. The molecular weight excluding hydrogens is 739 g/mol. The summed E-state index contributed by atoms with van der Waals surface area (Å²) in [4.78, 5) is 10.9. The van der Waals surface area contributed by atoms with Gasteiger partial charge in [-0.25, -0.2) is 9.97 Å². The van der Waals surface area contributed by atoms with Crippen LogP contribution in [0.3, 0.4) is 0 Å².